The predicted octanol–water partition coefficient (Wildman–Crippen LogP) is 5.32. The molecule has 0 bridgehead atoms. The number of hydrogen-bond donors (Lipinski definition) is 0. The van der Waals surface area contributed by atoms with Gasteiger partial charge in [-0.3, -0.25) is 0 Å². The van der Waals surface area contributed by atoms with Gasteiger partial charge in [0.25, 0.3) is 0 Å². The number of halogens is 3. The maximum atomic E-state index is 6.02. The molecule has 0 spiro atoms. The predicted molar refractivity (Wildman–Crippen MR) is 108 cm³/mol. The van der Waals surface area contributed by atoms with Crippen molar-refractivity contribution in [3.63, 3.8) is 0 Å². The van der Waals surface area contributed by atoms with E-state index in [0.29, 0.717) is 10.0 Å². The van der Waals surface area contributed by atoms with Crippen molar-refractivity contribution in [1.29, 1.82) is 0 Å². The molecule has 8 heteroatoms. The molecule has 0 amide bonds. The highest BCUT2D eigenvalue weighted by Gasteiger charge is 2.12. The van der Waals surface area contributed by atoms with E-state index in [1.807, 2.05) is 25.1 Å². The van der Waals surface area contributed by atoms with E-state index in [2.05, 4.69) is 23.7 Å². The van der Waals surface area contributed by atoms with Crippen molar-refractivity contribution in [2.45, 2.75) is 13.8 Å². The minimum absolute atomic E-state index is 0. The van der Waals surface area contributed by atoms with Gasteiger partial charge in [0, 0.05) is 27.2 Å². The van der Waals surface area contributed by atoms with Gasteiger partial charge in [0.2, 0.25) is 0 Å². The van der Waals surface area contributed by atoms with Gasteiger partial charge in [0.15, 0.2) is 5.17 Å². The molecule has 124 valence electrons. The van der Waals surface area contributed by atoms with E-state index in [4.69, 9.17) is 35.4 Å². The van der Waals surface area contributed by atoms with Crippen molar-refractivity contribution < 1.29 is 0 Å². The van der Waals surface area contributed by atoms with Crippen molar-refractivity contribution in [3.05, 3.63) is 28.2 Å². The number of nitrogens with zero attached hydrogens (tertiary/aromatic N) is 3. The Morgan fingerprint density at radius 3 is 2.23 bits per heavy atom. The fourth-order valence-electron chi connectivity index (χ4n) is 1.50. The van der Waals surface area contributed by atoms with Crippen LogP contribution in [0.25, 0.3) is 0 Å². The summed E-state index contributed by atoms with van der Waals surface area (Å²) in [5.74, 6) is 0. The lowest BCUT2D eigenvalue weighted by Gasteiger charge is -2.23. The van der Waals surface area contributed by atoms with Gasteiger partial charge in [-0.15, -0.1) is 12.4 Å². The molecule has 0 aliphatic carbocycles. The summed E-state index contributed by atoms with van der Waals surface area (Å²) in [6.07, 6.45) is 0. The van der Waals surface area contributed by atoms with Crippen molar-refractivity contribution in [2.75, 3.05) is 27.2 Å². The van der Waals surface area contributed by atoms with Crippen LogP contribution in [-0.2, 0) is 0 Å². The number of aliphatic imine (C=N–C) groups is 1. The molecule has 1 rings (SSSR count). The Balaban J connectivity index is 0.00000441. The molecule has 3 nitrogen and oxygen atoms in total. The molecule has 22 heavy (non-hydrogen) atoms. The van der Waals surface area contributed by atoms with Crippen molar-refractivity contribution in [3.8, 4) is 0 Å². The van der Waals surface area contributed by atoms with Gasteiger partial charge in [0.1, 0.15) is 4.32 Å². The first-order valence-corrected chi connectivity index (χ1v) is 8.54. The first-order valence-electron chi connectivity index (χ1n) is 6.56. The Kier molecular flexibility index (Phi) is 10.5. The molecule has 1 aromatic carbocycles. The van der Waals surface area contributed by atoms with E-state index in [-0.39, 0.29) is 12.4 Å². The van der Waals surface area contributed by atoms with Crippen LogP contribution in [0, 0.1) is 0 Å². The minimum Gasteiger partial charge on any atom is -0.358 e. The molecule has 0 saturated carbocycles. The van der Waals surface area contributed by atoms with Crippen LogP contribution < -0.4 is 0 Å². The highest BCUT2D eigenvalue weighted by Crippen LogP contribution is 2.28. The fourth-order valence-corrected chi connectivity index (χ4v) is 3.15. The summed E-state index contributed by atoms with van der Waals surface area (Å²) in [6.45, 7) is 5.94. The summed E-state index contributed by atoms with van der Waals surface area (Å²) < 4.78 is 0.813. The SMILES string of the molecule is CCN(CC)C(=S)SC(=Nc1ccc(Cl)c(Cl)c1)N(C)C.Cl. The lowest BCUT2D eigenvalue weighted by molar-refractivity contribution is 0.482. The number of hydrogen-bond acceptors (Lipinski definition) is 3. The molecule has 0 aliphatic heterocycles. The van der Waals surface area contributed by atoms with Gasteiger partial charge in [-0.1, -0.05) is 35.4 Å². The molecule has 0 aromatic heterocycles. The van der Waals surface area contributed by atoms with Gasteiger partial charge >= 0.3 is 0 Å². The quantitative estimate of drug-likeness (QED) is 0.388. The third-order valence-electron chi connectivity index (χ3n) is 2.71. The Hall–Kier alpha value is -0.200. The maximum absolute atomic E-state index is 6.02. The molecule has 0 aliphatic rings. The monoisotopic (exact) mass is 399 g/mol. The molecule has 0 atom stereocenters. The fraction of sp³-hybridized carbons (Fsp3) is 0.429. The number of benzene rings is 1. The van der Waals surface area contributed by atoms with E-state index in [1.54, 1.807) is 12.1 Å². The van der Waals surface area contributed by atoms with Crippen molar-refractivity contribution >= 4 is 74.8 Å². The summed E-state index contributed by atoms with van der Waals surface area (Å²) in [5.41, 5.74) is 0.753. The average Bonchev–Trinajstić information content (AvgIpc) is 2.43. The second-order valence-corrected chi connectivity index (χ2v) is 6.84. The van der Waals surface area contributed by atoms with Crippen LogP contribution >= 0.6 is 59.6 Å². The first-order chi connectivity index (χ1) is 9.88. The average molecular weight is 401 g/mol. The first kappa shape index (κ1) is 21.8. The van der Waals surface area contributed by atoms with Crippen molar-refractivity contribution in [1.82, 2.24) is 9.80 Å². The van der Waals surface area contributed by atoms with E-state index in [0.717, 1.165) is 28.3 Å². The van der Waals surface area contributed by atoms with Crippen LogP contribution in [0.2, 0.25) is 10.0 Å². The molecule has 0 heterocycles. The Labute approximate surface area is 158 Å². The molecule has 0 saturated heterocycles. The van der Waals surface area contributed by atoms with Gasteiger partial charge in [0.05, 0.1) is 15.7 Å². The number of thiocarbonyl (C=S) groups is 1. The normalized spacial score (nSPS) is 10.9. The Morgan fingerprint density at radius 2 is 1.77 bits per heavy atom. The summed E-state index contributed by atoms with van der Waals surface area (Å²) >= 11 is 18.9. The lowest BCUT2D eigenvalue weighted by Crippen LogP contribution is -2.30. The zero-order chi connectivity index (χ0) is 16.0. The smallest absolute Gasteiger partial charge is 0.170 e. The molecule has 0 radical (unpaired) electrons. The second-order valence-electron chi connectivity index (χ2n) is 4.43. The largest absolute Gasteiger partial charge is 0.358 e. The zero-order valence-corrected chi connectivity index (χ0v) is 16.9. The number of thioether (sulfide) groups is 1. The second kappa shape index (κ2) is 10.6. The topological polar surface area (TPSA) is 18.8 Å². The molecule has 0 fully saturated rings. The molecule has 0 N–H and O–H groups in total. The summed E-state index contributed by atoms with van der Waals surface area (Å²) in [7, 11) is 3.88. The highest BCUT2D eigenvalue weighted by molar-refractivity contribution is 8.32. The number of rotatable bonds is 3. The van der Waals surface area contributed by atoms with Crippen LogP contribution in [0.3, 0.4) is 0 Å². The maximum Gasteiger partial charge on any atom is 0.170 e. The van der Waals surface area contributed by atoms with Crippen LogP contribution in [-0.4, -0.2) is 46.5 Å². The van der Waals surface area contributed by atoms with Gasteiger partial charge in [-0.2, -0.15) is 0 Å². The standard InChI is InChI=1S/C14H19Cl2N3S2.ClH/c1-5-19(6-2)14(20)21-13(18(3)4)17-10-7-8-11(15)12(16)9-10;/h7-9H,5-6H2,1-4H3;1H. The van der Waals surface area contributed by atoms with Crippen LogP contribution in [0.15, 0.2) is 23.2 Å². The van der Waals surface area contributed by atoms with E-state index in [9.17, 15) is 0 Å². The van der Waals surface area contributed by atoms with Crippen LogP contribution in [0.4, 0.5) is 5.69 Å². The van der Waals surface area contributed by atoms with Crippen LogP contribution in [0.1, 0.15) is 13.8 Å². The third-order valence-corrected chi connectivity index (χ3v) is 5.03. The molecular formula is C14H20Cl3N3S2. The van der Waals surface area contributed by atoms with E-state index in [1.165, 1.54) is 11.8 Å². The van der Waals surface area contributed by atoms with Gasteiger partial charge in [-0.25, -0.2) is 4.99 Å². The summed E-state index contributed by atoms with van der Waals surface area (Å²) in [6, 6.07) is 5.32. The van der Waals surface area contributed by atoms with E-state index < -0.39 is 0 Å². The molecular weight excluding hydrogens is 381 g/mol. The minimum atomic E-state index is 0. The Bertz CT molecular complexity index is 532. The van der Waals surface area contributed by atoms with Gasteiger partial charge in [-0.05, 0) is 43.8 Å². The highest BCUT2D eigenvalue weighted by atomic mass is 35.5. The summed E-state index contributed by atoms with van der Waals surface area (Å²) in [5, 5.41) is 1.82. The summed E-state index contributed by atoms with van der Waals surface area (Å²) in [4.78, 5) is 8.65. The Morgan fingerprint density at radius 1 is 1.18 bits per heavy atom. The molecule has 0 unspecified atom stereocenters. The van der Waals surface area contributed by atoms with Crippen LogP contribution in [0.5, 0.6) is 0 Å². The molecule has 1 aromatic rings. The zero-order valence-electron chi connectivity index (χ0n) is 13.0. The lowest BCUT2D eigenvalue weighted by atomic mass is 10.3. The number of amidine groups is 1. The van der Waals surface area contributed by atoms with E-state index >= 15 is 0 Å². The van der Waals surface area contributed by atoms with Gasteiger partial charge < -0.3 is 9.80 Å². The van der Waals surface area contributed by atoms with Crippen molar-refractivity contribution in [2.24, 2.45) is 4.99 Å². The third kappa shape index (κ3) is 6.50.